The van der Waals surface area contributed by atoms with Crippen molar-refractivity contribution in [3.8, 4) is 0 Å². The number of carbonyl (C=O) groups excluding carboxylic acids is 3. The van der Waals surface area contributed by atoms with Gasteiger partial charge in [-0.2, -0.15) is 8.62 Å². The van der Waals surface area contributed by atoms with Gasteiger partial charge in [-0.1, -0.05) is 32.4 Å². The van der Waals surface area contributed by atoms with Crippen molar-refractivity contribution in [3.63, 3.8) is 0 Å². The van der Waals surface area contributed by atoms with Gasteiger partial charge in [0.05, 0.1) is 30.0 Å². The molecule has 72 heavy (non-hydrogen) atoms. The molecule has 11 N–H and O–H groups in total. The second-order valence-electron chi connectivity index (χ2n) is 20.1. The zero-order valence-electron chi connectivity index (χ0n) is 39.7. The minimum Gasteiger partial charge on any atom is -0.458 e. The molecule has 0 aromatic carbocycles. The number of H-pyrrole nitrogens is 1. The number of rotatable bonds is 21. The third kappa shape index (κ3) is 12.4. The van der Waals surface area contributed by atoms with E-state index in [1.807, 2.05) is 11.9 Å². The molecule has 0 radical (unpaired) electrons. The maximum atomic E-state index is 12.7. The van der Waals surface area contributed by atoms with Crippen molar-refractivity contribution in [2.45, 2.75) is 133 Å². The Balaban J connectivity index is 0.776. The third-order valence-electron chi connectivity index (χ3n) is 16.0. The van der Waals surface area contributed by atoms with E-state index in [1.165, 1.54) is 18.2 Å². The van der Waals surface area contributed by atoms with Crippen LogP contribution in [0.15, 0.2) is 33.5 Å². The number of fused-ring (bicyclic) bond motifs is 5. The smallest absolute Gasteiger partial charge is 0.458 e. The lowest BCUT2D eigenvalue weighted by Gasteiger charge is -2.65. The Hall–Kier alpha value is -3.26. The number of aliphatic hydroxyl groups is 4. The van der Waals surface area contributed by atoms with Crippen LogP contribution in [0, 0.1) is 34.5 Å². The Morgan fingerprint density at radius 3 is 2.36 bits per heavy atom. The number of phosphoric acid groups is 3. The number of aromatic nitrogens is 2. The molecule has 0 bridgehead atoms. The molecule has 6 aliphatic rings. The van der Waals surface area contributed by atoms with Gasteiger partial charge in [-0.3, -0.25) is 28.5 Å². The number of unbranched alkanes of at least 4 members (excludes halogenated alkanes) is 2. The van der Waals surface area contributed by atoms with Crippen LogP contribution in [0.4, 0.5) is 0 Å². The van der Waals surface area contributed by atoms with Gasteiger partial charge in [0, 0.05) is 37.2 Å². The number of aromatic amines is 1. The Morgan fingerprint density at radius 1 is 0.903 bits per heavy atom. The minimum absolute atomic E-state index is 0.0220. The lowest BCUT2D eigenvalue weighted by molar-refractivity contribution is -0.245. The van der Waals surface area contributed by atoms with Crippen molar-refractivity contribution in [1.82, 2.24) is 20.2 Å². The standard InChI is InChI=1S/C43H65N4O22P3/c1-41-13-11-27(18-26(41)9-10-29-30(41)19-32(48)42(2)28(12-14-43(29,42)56)25-17-35(51)65-21-25)64-23-34(50)45-15-5-3-4-8-33(49)44-16-6-7-24-20-47(40(55)46-38(24)54)39-37(53)36(52)31(67-39)22-66-71(60,61)69-72(62,63)68-70(57,58)59/h6-7,17,20,26-32,36-37,39,48,52-53,56H,3-5,8-16,18-19,21-23H2,1-2H3,(H,44,49)(H,45,50)(H,60,61)(H,62,63)(H,46,54,55)(H2,57,58,59)/b7-6+/t26-,27+,28-,29-,30+,31-,32-,36-,37-,39-,41+,42+,43+/m1/s1. The lowest BCUT2D eigenvalue weighted by Crippen LogP contribution is -2.67. The number of nitrogens with zero attached hydrogens (tertiary/aromatic N) is 1. The number of hydrogen-bond donors (Lipinski definition) is 11. The molecule has 404 valence electrons. The van der Waals surface area contributed by atoms with E-state index in [-0.39, 0.29) is 78.8 Å². The Kier molecular flexibility index (Phi) is 17.4. The molecule has 2 aliphatic heterocycles. The van der Waals surface area contributed by atoms with E-state index in [0.717, 1.165) is 43.9 Å². The predicted octanol–water partition coefficient (Wildman–Crippen LogP) is 0.918. The molecular formula is C43H65N4O22P3. The number of carbonyl (C=O) groups is 3. The normalized spacial score (nSPS) is 36.1. The van der Waals surface area contributed by atoms with Crippen LogP contribution in [-0.4, -0.2) is 136 Å². The fraction of sp³-hybridized carbons (Fsp3) is 0.744. The van der Waals surface area contributed by atoms with Crippen LogP contribution in [0.5, 0.6) is 0 Å². The van der Waals surface area contributed by atoms with E-state index >= 15 is 0 Å². The summed E-state index contributed by atoms with van der Waals surface area (Å²) in [6.45, 7) is 3.69. The van der Waals surface area contributed by atoms with Crippen LogP contribution in [-0.2, 0) is 55.4 Å². The van der Waals surface area contributed by atoms with Crippen molar-refractivity contribution in [1.29, 1.82) is 0 Å². The zero-order valence-corrected chi connectivity index (χ0v) is 42.4. The molecule has 2 unspecified atom stereocenters. The average molecular weight is 1080 g/mol. The fourth-order valence-corrected chi connectivity index (χ4v) is 15.4. The number of amides is 2. The Bertz CT molecular complexity index is 2530. The molecule has 1 aromatic rings. The summed E-state index contributed by atoms with van der Waals surface area (Å²) in [4.78, 5) is 101. The molecule has 5 fully saturated rings. The van der Waals surface area contributed by atoms with Gasteiger partial charge < -0.3 is 64.8 Å². The molecule has 0 spiro atoms. The summed E-state index contributed by atoms with van der Waals surface area (Å²) in [6.07, 6.45) is 5.20. The molecule has 3 heterocycles. The average Bonchev–Trinajstić information content (AvgIpc) is 3.93. The summed E-state index contributed by atoms with van der Waals surface area (Å²) in [6, 6.07) is 0. The molecule has 1 saturated heterocycles. The third-order valence-corrected chi connectivity index (χ3v) is 19.8. The van der Waals surface area contributed by atoms with Gasteiger partial charge in [0.15, 0.2) is 6.23 Å². The maximum Gasteiger partial charge on any atom is 0.490 e. The molecule has 29 heteroatoms. The number of nitrogens with one attached hydrogen (secondary N) is 3. The molecule has 15 atom stereocenters. The topological polar surface area (TPSA) is 399 Å². The number of hydrogen-bond acceptors (Lipinski definition) is 18. The van der Waals surface area contributed by atoms with E-state index in [2.05, 4.69) is 30.7 Å². The summed E-state index contributed by atoms with van der Waals surface area (Å²) in [5.74, 6) is -0.495. The first-order valence-electron chi connectivity index (χ1n) is 23.9. The van der Waals surface area contributed by atoms with E-state index in [1.54, 1.807) is 0 Å². The van der Waals surface area contributed by atoms with Crippen LogP contribution in [0.2, 0.25) is 0 Å². The summed E-state index contributed by atoms with van der Waals surface area (Å²) < 4.78 is 63.6. The summed E-state index contributed by atoms with van der Waals surface area (Å²) in [7, 11) is -17.1. The first-order valence-corrected chi connectivity index (χ1v) is 28.4. The lowest BCUT2D eigenvalue weighted by atomic mass is 9.42. The van der Waals surface area contributed by atoms with Gasteiger partial charge in [0.2, 0.25) is 11.8 Å². The Labute approximate surface area is 412 Å². The molecule has 7 rings (SSSR count). The van der Waals surface area contributed by atoms with E-state index in [0.29, 0.717) is 55.6 Å². The summed E-state index contributed by atoms with van der Waals surface area (Å²) in [5.41, 5.74) is -3.14. The van der Waals surface area contributed by atoms with Crippen molar-refractivity contribution < 1.29 is 95.4 Å². The second kappa shape index (κ2) is 22.1. The number of aliphatic hydroxyl groups excluding tert-OH is 3. The van der Waals surface area contributed by atoms with Crippen LogP contribution in [0.25, 0.3) is 6.08 Å². The van der Waals surface area contributed by atoms with Crippen molar-refractivity contribution in [2.24, 2.45) is 34.5 Å². The van der Waals surface area contributed by atoms with Gasteiger partial charge >= 0.3 is 35.1 Å². The van der Waals surface area contributed by atoms with Crippen molar-refractivity contribution in [3.05, 3.63) is 50.3 Å². The van der Waals surface area contributed by atoms with Crippen LogP contribution >= 0.6 is 23.5 Å². The van der Waals surface area contributed by atoms with Gasteiger partial charge in [-0.25, -0.2) is 23.3 Å². The van der Waals surface area contributed by atoms with E-state index in [4.69, 9.17) is 24.0 Å². The first-order chi connectivity index (χ1) is 33.7. The van der Waals surface area contributed by atoms with Gasteiger partial charge in [-0.05, 0) is 98.9 Å². The highest BCUT2D eigenvalue weighted by Crippen LogP contribution is 2.70. The van der Waals surface area contributed by atoms with Crippen molar-refractivity contribution in [2.75, 3.05) is 32.9 Å². The number of ether oxygens (including phenoxy) is 3. The van der Waals surface area contributed by atoms with Gasteiger partial charge in [0.1, 0.15) is 31.5 Å². The largest absolute Gasteiger partial charge is 0.490 e. The highest BCUT2D eigenvalue weighted by atomic mass is 31.3. The number of cyclic esters (lactones) is 1. The fourth-order valence-electron chi connectivity index (χ4n) is 12.4. The molecule has 26 nitrogen and oxygen atoms in total. The Morgan fingerprint density at radius 2 is 1.65 bits per heavy atom. The molecule has 2 amide bonds. The summed E-state index contributed by atoms with van der Waals surface area (Å²) in [5, 5.41) is 50.8. The minimum atomic E-state index is -5.84. The molecule has 4 aliphatic carbocycles. The summed E-state index contributed by atoms with van der Waals surface area (Å²) >= 11 is 0. The van der Waals surface area contributed by atoms with Crippen LogP contribution in [0.1, 0.15) is 103 Å². The highest BCUT2D eigenvalue weighted by molar-refractivity contribution is 7.66. The first kappa shape index (κ1) is 56.5. The maximum absolute atomic E-state index is 12.7. The second-order valence-corrected chi connectivity index (χ2v) is 24.5. The predicted molar refractivity (Wildman–Crippen MR) is 247 cm³/mol. The van der Waals surface area contributed by atoms with E-state index < -0.39 is 83.0 Å². The zero-order chi connectivity index (χ0) is 52.6. The number of phosphoric ester groups is 1. The quantitative estimate of drug-likeness (QED) is 0.0463. The SMILES string of the molecule is C[C@]12CC[C@H](OCC(=O)NCCCCCC(=O)NC/C=C/c3cn([C@@H]4O[C@H](COP(=O)(O)OP(=O)(O)OP(=O)(O)O)[C@@H](O)[C@H]4O)c(=O)[nH]c3=O)C[C@H]1CC[C@@H]1[C@@H]2C[C@@H](O)[C@]2(C)[C@@H](C3=CC(=O)OC3)CC[C@]12O. The van der Waals surface area contributed by atoms with Crippen molar-refractivity contribution >= 4 is 47.3 Å². The van der Waals surface area contributed by atoms with Crippen LogP contribution < -0.4 is 21.9 Å². The highest BCUT2D eigenvalue weighted by Gasteiger charge is 2.71. The number of esters is 1. The van der Waals surface area contributed by atoms with Crippen LogP contribution in [0.3, 0.4) is 0 Å². The van der Waals surface area contributed by atoms with E-state index in [9.17, 15) is 67.9 Å². The van der Waals surface area contributed by atoms with Gasteiger partial charge in [0.25, 0.3) is 5.56 Å². The monoisotopic (exact) mass is 1080 g/mol. The molecule has 1 aromatic heterocycles. The molecule has 4 saturated carbocycles. The molecular weight excluding hydrogens is 1020 g/mol. The van der Waals surface area contributed by atoms with Gasteiger partial charge in [-0.15, -0.1) is 0 Å².